The fourth-order valence-electron chi connectivity index (χ4n) is 1.74. The number of likely N-dealkylation sites (N-methyl/N-ethyl adjacent to an activating group) is 1. The predicted molar refractivity (Wildman–Crippen MR) is 91.7 cm³/mol. The van der Waals surface area contributed by atoms with Gasteiger partial charge in [0.1, 0.15) is 13.2 Å². The van der Waals surface area contributed by atoms with Crippen LogP contribution in [0.5, 0.6) is 0 Å². The maximum Gasteiger partial charge on any atom is 0.472 e. The number of unbranched alkanes of at least 4 members (excludes halogenated alkanes) is 1. The summed E-state index contributed by atoms with van der Waals surface area (Å²) in [7, 11) is 5.13. The van der Waals surface area contributed by atoms with E-state index in [-0.39, 0.29) is 25.6 Å². The Bertz CT molecular complexity index is 358. The van der Waals surface area contributed by atoms with E-state index in [1.54, 1.807) is 21.1 Å². The molecule has 0 fully saturated rings. The van der Waals surface area contributed by atoms with Crippen molar-refractivity contribution in [2.45, 2.75) is 38.6 Å². The van der Waals surface area contributed by atoms with Gasteiger partial charge in [0.2, 0.25) is 0 Å². The fourth-order valence-corrected chi connectivity index (χ4v) is 2.53. The van der Waals surface area contributed by atoms with Gasteiger partial charge in [-0.05, 0) is 26.2 Å². The van der Waals surface area contributed by atoms with Gasteiger partial charge in [-0.25, -0.2) is 4.57 Å². The third-order valence-corrected chi connectivity index (χ3v) is 4.24. The number of hydrogen-bond donors (Lipinski definition) is 1. The summed E-state index contributed by atoms with van der Waals surface area (Å²) in [4.78, 5) is 9.61. The summed E-state index contributed by atoms with van der Waals surface area (Å²) in [6.07, 6.45) is 2.09. The average Bonchev–Trinajstić information content (AvgIpc) is 2.47. The van der Waals surface area contributed by atoms with E-state index in [1.165, 1.54) is 0 Å². The van der Waals surface area contributed by atoms with Crippen LogP contribution < -0.4 is 0 Å². The molecule has 9 heteroatoms. The van der Waals surface area contributed by atoms with Crippen LogP contribution in [-0.2, 0) is 27.8 Å². The minimum absolute atomic E-state index is 0.0108. The molecule has 0 aromatic rings. The second kappa shape index (κ2) is 12.3. The van der Waals surface area contributed by atoms with Crippen LogP contribution in [-0.4, -0.2) is 83.5 Å². The van der Waals surface area contributed by atoms with Gasteiger partial charge in [-0.2, -0.15) is 0 Å². The molecule has 0 aromatic carbocycles. The maximum absolute atomic E-state index is 11.7. The van der Waals surface area contributed by atoms with E-state index in [0.717, 1.165) is 19.3 Å². The Kier molecular flexibility index (Phi) is 12.3. The van der Waals surface area contributed by atoms with Gasteiger partial charge in [-0.1, -0.05) is 0 Å². The molecule has 0 amide bonds. The highest BCUT2D eigenvalue weighted by Crippen LogP contribution is 2.43. The number of phosphoric ester groups is 1. The number of rotatable bonds is 15. The van der Waals surface area contributed by atoms with E-state index in [9.17, 15) is 9.46 Å². The zero-order valence-corrected chi connectivity index (χ0v) is 16.8. The van der Waals surface area contributed by atoms with Crippen molar-refractivity contribution in [3.63, 3.8) is 0 Å². The molecule has 0 spiro atoms. The van der Waals surface area contributed by atoms with Crippen molar-refractivity contribution in [2.75, 3.05) is 61.7 Å². The largest absolute Gasteiger partial charge is 0.472 e. The zero-order chi connectivity index (χ0) is 18.6. The summed E-state index contributed by atoms with van der Waals surface area (Å²) in [6.45, 7) is 3.12. The highest BCUT2D eigenvalue weighted by atomic mass is 31.2. The molecule has 146 valence electrons. The standard InChI is InChI=1S/C15H34NO7P/c1-14(21-11-8-7-9-15(19-5)20-6)13-23-24(17,18)22-12-10-16(2,3)4/h14-15H,7-13H2,1-6H3/p+1/t14-/m1/s1. The number of ether oxygens (including phenoxy) is 3. The Labute approximate surface area is 146 Å². The van der Waals surface area contributed by atoms with Gasteiger partial charge in [0, 0.05) is 20.8 Å². The molecule has 0 saturated heterocycles. The van der Waals surface area contributed by atoms with Gasteiger partial charge in [-0.3, -0.25) is 9.05 Å². The number of nitrogens with zero attached hydrogens (tertiary/aromatic N) is 1. The Morgan fingerprint density at radius 1 is 1.04 bits per heavy atom. The maximum atomic E-state index is 11.7. The third-order valence-electron chi connectivity index (χ3n) is 3.25. The summed E-state index contributed by atoms with van der Waals surface area (Å²) < 4.78 is 38.0. The van der Waals surface area contributed by atoms with E-state index in [2.05, 4.69) is 0 Å². The van der Waals surface area contributed by atoms with Gasteiger partial charge >= 0.3 is 7.82 Å². The number of hydrogen-bond acceptors (Lipinski definition) is 6. The van der Waals surface area contributed by atoms with Crippen LogP contribution in [0, 0.1) is 0 Å². The highest BCUT2D eigenvalue weighted by Gasteiger charge is 2.23. The van der Waals surface area contributed by atoms with Crippen LogP contribution in [0.15, 0.2) is 0 Å². The van der Waals surface area contributed by atoms with Crippen molar-refractivity contribution in [1.82, 2.24) is 0 Å². The first-order valence-corrected chi connectivity index (χ1v) is 9.68. The molecule has 0 aromatic heterocycles. The van der Waals surface area contributed by atoms with Gasteiger partial charge in [0.05, 0.1) is 33.9 Å². The van der Waals surface area contributed by atoms with Crippen molar-refractivity contribution >= 4 is 7.82 Å². The van der Waals surface area contributed by atoms with E-state index in [0.29, 0.717) is 17.6 Å². The molecule has 8 nitrogen and oxygen atoms in total. The second-order valence-electron chi connectivity index (χ2n) is 6.69. The number of methoxy groups -OCH3 is 2. The minimum atomic E-state index is -4.02. The summed E-state index contributed by atoms with van der Waals surface area (Å²) in [5, 5.41) is 0. The van der Waals surface area contributed by atoms with Crippen LogP contribution in [0.2, 0.25) is 0 Å². The van der Waals surface area contributed by atoms with E-state index < -0.39 is 7.82 Å². The highest BCUT2D eigenvalue weighted by molar-refractivity contribution is 7.47. The molecule has 0 aliphatic carbocycles. The quantitative estimate of drug-likeness (QED) is 0.204. The van der Waals surface area contributed by atoms with Crippen molar-refractivity contribution < 1.29 is 37.2 Å². The Hall–Kier alpha value is -0.0500. The first kappa shape index (κ1) is 23.9. The van der Waals surface area contributed by atoms with Crippen molar-refractivity contribution in [3.8, 4) is 0 Å². The molecule has 0 heterocycles. The van der Waals surface area contributed by atoms with Gasteiger partial charge in [0.25, 0.3) is 0 Å². The molecule has 1 unspecified atom stereocenters. The Morgan fingerprint density at radius 2 is 1.67 bits per heavy atom. The molecule has 0 aliphatic rings. The lowest BCUT2D eigenvalue weighted by atomic mass is 10.2. The molecular formula is C15H35NO7P+. The summed E-state index contributed by atoms with van der Waals surface area (Å²) in [6, 6.07) is 0. The lowest BCUT2D eigenvalue weighted by molar-refractivity contribution is -0.870. The number of phosphoric acid groups is 1. The molecule has 1 N–H and O–H groups in total. The normalized spacial score (nSPS) is 16.3. The first-order chi connectivity index (χ1) is 11.1. The SMILES string of the molecule is COC(CCCCO[C@H](C)COP(=O)(O)OCC[N+](C)(C)C)OC. The second-order valence-corrected chi connectivity index (χ2v) is 8.14. The summed E-state index contributed by atoms with van der Waals surface area (Å²) in [5.74, 6) is 0. The zero-order valence-electron chi connectivity index (χ0n) is 15.9. The summed E-state index contributed by atoms with van der Waals surface area (Å²) >= 11 is 0. The molecule has 0 bridgehead atoms. The fraction of sp³-hybridized carbons (Fsp3) is 1.00. The van der Waals surface area contributed by atoms with E-state index in [1.807, 2.05) is 21.1 Å². The minimum Gasteiger partial charge on any atom is -0.376 e. The van der Waals surface area contributed by atoms with E-state index >= 15 is 0 Å². The molecule has 2 atom stereocenters. The summed E-state index contributed by atoms with van der Waals surface area (Å²) in [5.41, 5.74) is 0. The molecule has 0 rings (SSSR count). The van der Waals surface area contributed by atoms with Crippen LogP contribution in [0.3, 0.4) is 0 Å². The first-order valence-electron chi connectivity index (χ1n) is 8.19. The van der Waals surface area contributed by atoms with Crippen molar-refractivity contribution in [3.05, 3.63) is 0 Å². The average molecular weight is 372 g/mol. The third kappa shape index (κ3) is 14.3. The van der Waals surface area contributed by atoms with Gasteiger partial charge in [-0.15, -0.1) is 0 Å². The lowest BCUT2D eigenvalue weighted by Gasteiger charge is -2.24. The Balaban J connectivity index is 3.76. The number of quaternary nitrogens is 1. The molecular weight excluding hydrogens is 337 g/mol. The monoisotopic (exact) mass is 372 g/mol. The van der Waals surface area contributed by atoms with Gasteiger partial charge in [0.15, 0.2) is 6.29 Å². The topological polar surface area (TPSA) is 83.5 Å². The van der Waals surface area contributed by atoms with Crippen molar-refractivity contribution in [2.24, 2.45) is 0 Å². The lowest BCUT2D eigenvalue weighted by Crippen LogP contribution is -2.37. The molecule has 0 aliphatic heterocycles. The molecule has 24 heavy (non-hydrogen) atoms. The predicted octanol–water partition coefficient (Wildman–Crippen LogP) is 2.02. The van der Waals surface area contributed by atoms with Crippen LogP contribution in [0.4, 0.5) is 0 Å². The van der Waals surface area contributed by atoms with Gasteiger partial charge < -0.3 is 23.6 Å². The Morgan fingerprint density at radius 3 is 2.21 bits per heavy atom. The smallest absolute Gasteiger partial charge is 0.376 e. The molecule has 0 radical (unpaired) electrons. The van der Waals surface area contributed by atoms with Crippen molar-refractivity contribution in [1.29, 1.82) is 0 Å². The van der Waals surface area contributed by atoms with Crippen LogP contribution >= 0.6 is 7.82 Å². The van der Waals surface area contributed by atoms with Crippen LogP contribution in [0.25, 0.3) is 0 Å². The molecule has 0 saturated carbocycles. The van der Waals surface area contributed by atoms with E-state index in [4.69, 9.17) is 23.3 Å². The van der Waals surface area contributed by atoms with Crippen LogP contribution in [0.1, 0.15) is 26.2 Å².